The van der Waals surface area contributed by atoms with Gasteiger partial charge < -0.3 is 0 Å². The number of hydrogen-bond donors (Lipinski definition) is 1. The van der Waals surface area contributed by atoms with Crippen molar-refractivity contribution in [2.45, 2.75) is 13.5 Å². The van der Waals surface area contributed by atoms with Gasteiger partial charge in [0.25, 0.3) is 5.91 Å². The van der Waals surface area contributed by atoms with Gasteiger partial charge >= 0.3 is 0 Å². The van der Waals surface area contributed by atoms with E-state index in [4.69, 9.17) is 0 Å². The molecule has 7 nitrogen and oxygen atoms in total. The van der Waals surface area contributed by atoms with Gasteiger partial charge in [-0.2, -0.15) is 0 Å². The van der Waals surface area contributed by atoms with Crippen LogP contribution in [0.5, 0.6) is 0 Å². The SMILES string of the molecule is Cc1nc(-c2ccccn2)sc1C(=O)Nc1ncn(Cc2ccc(Br)cc2)n1. The van der Waals surface area contributed by atoms with Crippen LogP contribution in [-0.4, -0.2) is 30.6 Å². The van der Waals surface area contributed by atoms with E-state index in [1.54, 1.807) is 24.1 Å². The third kappa shape index (κ3) is 4.15. The average molecular weight is 455 g/mol. The maximum Gasteiger partial charge on any atom is 0.270 e. The van der Waals surface area contributed by atoms with Crippen molar-refractivity contribution in [3.8, 4) is 10.7 Å². The van der Waals surface area contributed by atoms with Crippen molar-refractivity contribution in [1.82, 2.24) is 24.7 Å². The molecular formula is C19H15BrN6OS. The van der Waals surface area contributed by atoms with Gasteiger partial charge in [-0.15, -0.1) is 16.4 Å². The molecule has 1 N–H and O–H groups in total. The molecule has 28 heavy (non-hydrogen) atoms. The molecule has 4 rings (SSSR count). The summed E-state index contributed by atoms with van der Waals surface area (Å²) in [6, 6.07) is 13.6. The molecular weight excluding hydrogens is 440 g/mol. The Bertz CT molecular complexity index is 1110. The lowest BCUT2D eigenvalue weighted by Gasteiger charge is -2.01. The summed E-state index contributed by atoms with van der Waals surface area (Å²) in [4.78, 5) is 26.1. The molecule has 0 spiro atoms. The molecule has 0 bridgehead atoms. The molecule has 0 saturated heterocycles. The second-order valence-corrected chi connectivity index (χ2v) is 7.91. The zero-order valence-electron chi connectivity index (χ0n) is 14.8. The molecule has 0 saturated carbocycles. The van der Waals surface area contributed by atoms with E-state index < -0.39 is 0 Å². The Morgan fingerprint density at radius 2 is 2.00 bits per heavy atom. The first-order valence-electron chi connectivity index (χ1n) is 8.42. The van der Waals surface area contributed by atoms with Crippen molar-refractivity contribution in [2.24, 2.45) is 0 Å². The number of pyridine rings is 1. The number of anilines is 1. The van der Waals surface area contributed by atoms with Gasteiger partial charge in [0.1, 0.15) is 16.2 Å². The molecule has 0 atom stereocenters. The van der Waals surface area contributed by atoms with E-state index in [0.717, 1.165) is 15.7 Å². The van der Waals surface area contributed by atoms with Crippen LogP contribution in [0.4, 0.5) is 5.95 Å². The molecule has 0 aliphatic rings. The number of rotatable bonds is 5. The van der Waals surface area contributed by atoms with Crippen molar-refractivity contribution in [3.05, 3.63) is 75.6 Å². The highest BCUT2D eigenvalue weighted by Crippen LogP contribution is 2.26. The van der Waals surface area contributed by atoms with Crippen molar-refractivity contribution >= 4 is 39.1 Å². The largest absolute Gasteiger partial charge is 0.288 e. The van der Waals surface area contributed by atoms with Gasteiger partial charge in [0.2, 0.25) is 5.95 Å². The smallest absolute Gasteiger partial charge is 0.270 e. The number of thiazole rings is 1. The zero-order chi connectivity index (χ0) is 19.5. The third-order valence-corrected chi connectivity index (χ3v) is 5.61. The summed E-state index contributed by atoms with van der Waals surface area (Å²) in [5, 5.41) is 7.77. The van der Waals surface area contributed by atoms with Crippen LogP contribution in [0.2, 0.25) is 0 Å². The maximum atomic E-state index is 12.6. The summed E-state index contributed by atoms with van der Waals surface area (Å²) in [5.41, 5.74) is 2.48. The van der Waals surface area contributed by atoms with Gasteiger partial charge in [0.15, 0.2) is 0 Å². The number of aromatic nitrogens is 5. The van der Waals surface area contributed by atoms with Crippen LogP contribution >= 0.6 is 27.3 Å². The van der Waals surface area contributed by atoms with E-state index in [2.05, 4.69) is 41.3 Å². The molecule has 1 amide bonds. The Kier molecular flexibility index (Phi) is 5.27. The molecule has 0 fully saturated rings. The molecule has 0 radical (unpaired) electrons. The zero-order valence-corrected chi connectivity index (χ0v) is 17.2. The second kappa shape index (κ2) is 7.99. The fourth-order valence-corrected chi connectivity index (χ4v) is 3.77. The van der Waals surface area contributed by atoms with E-state index in [1.807, 2.05) is 42.5 Å². The molecule has 9 heteroatoms. The molecule has 0 unspecified atom stereocenters. The van der Waals surface area contributed by atoms with Crippen LogP contribution in [0.1, 0.15) is 20.9 Å². The van der Waals surface area contributed by atoms with Crippen molar-refractivity contribution < 1.29 is 4.79 Å². The first-order valence-corrected chi connectivity index (χ1v) is 10.0. The van der Waals surface area contributed by atoms with E-state index in [0.29, 0.717) is 22.1 Å². The highest BCUT2D eigenvalue weighted by molar-refractivity contribution is 9.10. The van der Waals surface area contributed by atoms with Crippen LogP contribution < -0.4 is 5.32 Å². The highest BCUT2D eigenvalue weighted by atomic mass is 79.9. The molecule has 1 aromatic carbocycles. The summed E-state index contributed by atoms with van der Waals surface area (Å²) in [6.07, 6.45) is 3.30. The van der Waals surface area contributed by atoms with Crippen LogP contribution in [-0.2, 0) is 6.54 Å². The average Bonchev–Trinajstić information content (AvgIpc) is 3.30. The number of carbonyl (C=O) groups excluding carboxylic acids is 1. The Morgan fingerprint density at radius 3 is 2.75 bits per heavy atom. The number of amides is 1. The monoisotopic (exact) mass is 454 g/mol. The number of carbonyl (C=O) groups is 1. The Morgan fingerprint density at radius 1 is 1.18 bits per heavy atom. The predicted octanol–water partition coefficient (Wildman–Crippen LogP) is 4.17. The highest BCUT2D eigenvalue weighted by Gasteiger charge is 2.18. The molecule has 3 heterocycles. The lowest BCUT2D eigenvalue weighted by Crippen LogP contribution is -2.13. The third-order valence-electron chi connectivity index (χ3n) is 3.91. The topological polar surface area (TPSA) is 85.6 Å². The number of nitrogens with one attached hydrogen (secondary N) is 1. The van der Waals surface area contributed by atoms with Gasteiger partial charge in [0, 0.05) is 10.7 Å². The number of halogens is 1. The lowest BCUT2D eigenvalue weighted by molar-refractivity contribution is 0.102. The number of benzene rings is 1. The van der Waals surface area contributed by atoms with Gasteiger partial charge in [-0.05, 0) is 36.8 Å². The predicted molar refractivity (Wildman–Crippen MR) is 111 cm³/mol. The summed E-state index contributed by atoms with van der Waals surface area (Å²) in [6.45, 7) is 2.37. The van der Waals surface area contributed by atoms with Crippen LogP contribution in [0, 0.1) is 6.92 Å². The first-order chi connectivity index (χ1) is 13.6. The fourth-order valence-electron chi connectivity index (χ4n) is 2.57. The van der Waals surface area contributed by atoms with E-state index >= 15 is 0 Å². The standard InChI is InChI=1S/C19H15BrN6OS/c1-12-16(28-18(23-12)15-4-2-3-9-21-15)17(27)24-19-22-11-26(25-19)10-13-5-7-14(20)8-6-13/h2-9,11H,10H2,1H3,(H,24,25,27). The molecule has 140 valence electrons. The normalized spacial score (nSPS) is 10.8. The lowest BCUT2D eigenvalue weighted by atomic mass is 10.2. The van der Waals surface area contributed by atoms with Crippen LogP contribution in [0.25, 0.3) is 10.7 Å². The van der Waals surface area contributed by atoms with Gasteiger partial charge in [-0.3, -0.25) is 15.1 Å². The Balaban J connectivity index is 1.46. The van der Waals surface area contributed by atoms with Crippen molar-refractivity contribution in [3.63, 3.8) is 0 Å². The van der Waals surface area contributed by atoms with Gasteiger partial charge in [0.05, 0.1) is 17.9 Å². The minimum absolute atomic E-state index is 0.259. The van der Waals surface area contributed by atoms with E-state index in [9.17, 15) is 4.79 Å². The number of nitrogens with zero attached hydrogens (tertiary/aromatic N) is 5. The van der Waals surface area contributed by atoms with Gasteiger partial charge in [-0.25, -0.2) is 14.6 Å². The molecule has 0 aliphatic heterocycles. The minimum atomic E-state index is -0.279. The molecule has 3 aromatic heterocycles. The van der Waals surface area contributed by atoms with E-state index in [1.165, 1.54) is 11.3 Å². The second-order valence-electron chi connectivity index (χ2n) is 5.99. The summed E-state index contributed by atoms with van der Waals surface area (Å²) >= 11 is 4.71. The fraction of sp³-hybridized carbons (Fsp3) is 0.105. The van der Waals surface area contributed by atoms with E-state index in [-0.39, 0.29) is 11.9 Å². The molecule has 0 aliphatic carbocycles. The summed E-state index contributed by atoms with van der Waals surface area (Å²) in [5.74, 6) is -0.0205. The summed E-state index contributed by atoms with van der Waals surface area (Å²) < 4.78 is 2.70. The number of hydrogen-bond acceptors (Lipinski definition) is 6. The Labute approximate surface area is 173 Å². The number of aryl methyl sites for hydroxylation is 1. The minimum Gasteiger partial charge on any atom is -0.288 e. The first kappa shape index (κ1) is 18.5. The quantitative estimate of drug-likeness (QED) is 0.488. The molecule has 4 aromatic rings. The van der Waals surface area contributed by atoms with Crippen molar-refractivity contribution in [2.75, 3.05) is 5.32 Å². The maximum absolute atomic E-state index is 12.6. The van der Waals surface area contributed by atoms with Crippen molar-refractivity contribution in [1.29, 1.82) is 0 Å². The van der Waals surface area contributed by atoms with Gasteiger partial charge in [-0.1, -0.05) is 34.1 Å². The van der Waals surface area contributed by atoms with Crippen LogP contribution in [0.15, 0.2) is 59.5 Å². The Hall–Kier alpha value is -2.91. The summed E-state index contributed by atoms with van der Waals surface area (Å²) in [7, 11) is 0. The van der Waals surface area contributed by atoms with Crippen LogP contribution in [0.3, 0.4) is 0 Å².